The Labute approximate surface area is 456 Å². The fourth-order valence-corrected chi connectivity index (χ4v) is 9.20. The Morgan fingerprint density at radius 2 is 0.840 bits per heavy atom. The van der Waals surface area contributed by atoms with Crippen LogP contribution in [-0.4, -0.2) is 89.2 Å². The van der Waals surface area contributed by atoms with E-state index in [1.807, 2.05) is 0 Å². The summed E-state index contributed by atoms with van der Waals surface area (Å²) >= 11 is 0. The van der Waals surface area contributed by atoms with Crippen LogP contribution in [0, 0.1) is 0 Å². The summed E-state index contributed by atoms with van der Waals surface area (Å²) < 4.78 is 28.5. The van der Waals surface area contributed by atoms with E-state index in [1.165, 1.54) is 96.3 Å². The first-order valence-corrected chi connectivity index (χ1v) is 30.6. The van der Waals surface area contributed by atoms with Gasteiger partial charge in [0, 0.05) is 19.3 Å². The molecule has 0 amide bonds. The zero-order valence-electron chi connectivity index (χ0n) is 47.8. The molecule has 6 atom stereocenters. The van der Waals surface area contributed by atoms with Crippen molar-refractivity contribution < 1.29 is 58.2 Å². The van der Waals surface area contributed by atoms with Crippen LogP contribution in [0.4, 0.5) is 0 Å². The molecule has 0 spiro atoms. The van der Waals surface area contributed by atoms with E-state index in [2.05, 4.69) is 69.4 Å². The van der Waals surface area contributed by atoms with Gasteiger partial charge in [-0.3, -0.25) is 14.4 Å². The Morgan fingerprint density at radius 1 is 0.453 bits per heavy atom. The third-order valence-electron chi connectivity index (χ3n) is 13.9. The van der Waals surface area contributed by atoms with Crippen molar-refractivity contribution in [3.63, 3.8) is 0 Å². The third-order valence-corrected chi connectivity index (χ3v) is 13.9. The first-order chi connectivity index (χ1) is 36.6. The summed E-state index contributed by atoms with van der Waals surface area (Å²) in [6.45, 7) is 5.89. The van der Waals surface area contributed by atoms with E-state index in [-0.39, 0.29) is 25.9 Å². The number of carbonyl (C=O) groups is 4. The molecule has 3 N–H and O–H groups in total. The molecule has 0 saturated carbocycles. The summed E-state index contributed by atoms with van der Waals surface area (Å²) in [5, 5.41) is 31.5. The van der Waals surface area contributed by atoms with Crippen molar-refractivity contribution in [3.05, 3.63) is 48.6 Å². The number of unbranched alkanes of at least 4 members (excludes halogenated alkanes) is 30. The number of hydrogen-bond donors (Lipinski definition) is 3. The second kappa shape index (κ2) is 51.4. The van der Waals surface area contributed by atoms with Gasteiger partial charge >= 0.3 is 23.9 Å². The van der Waals surface area contributed by atoms with Gasteiger partial charge in [0.25, 0.3) is 0 Å². The van der Waals surface area contributed by atoms with Gasteiger partial charge in [-0.05, 0) is 77.0 Å². The fraction of sp³-hybridized carbons (Fsp3) is 0.810. The van der Waals surface area contributed by atoms with Crippen molar-refractivity contribution in [3.8, 4) is 0 Å². The molecule has 6 unspecified atom stereocenters. The van der Waals surface area contributed by atoms with Crippen LogP contribution in [0.1, 0.15) is 278 Å². The van der Waals surface area contributed by atoms with E-state index in [1.54, 1.807) is 0 Å². The molecule has 0 bridgehead atoms. The monoisotopic (exact) mass is 1060 g/mol. The zero-order valence-corrected chi connectivity index (χ0v) is 47.8. The molecular weight excluding hydrogens is 949 g/mol. The normalized spacial score (nSPS) is 18.4. The molecule has 12 nitrogen and oxygen atoms in total. The van der Waals surface area contributed by atoms with Gasteiger partial charge in [-0.15, -0.1) is 0 Å². The Balaban J connectivity index is 2.67. The van der Waals surface area contributed by atoms with Crippen LogP contribution in [0.3, 0.4) is 0 Å². The van der Waals surface area contributed by atoms with Crippen LogP contribution in [0.25, 0.3) is 0 Å². The lowest BCUT2D eigenvalue weighted by Crippen LogP contribution is -2.61. The maximum atomic E-state index is 13.1. The Bertz CT molecular complexity index is 1490. The van der Waals surface area contributed by atoms with Gasteiger partial charge in [-0.25, -0.2) is 4.79 Å². The van der Waals surface area contributed by atoms with Crippen LogP contribution in [0.2, 0.25) is 0 Å². The van der Waals surface area contributed by atoms with Crippen LogP contribution < -0.4 is 0 Å². The average molecular weight is 1060 g/mol. The summed E-state index contributed by atoms with van der Waals surface area (Å²) in [6.07, 6.45) is 49.3. The minimum absolute atomic E-state index is 0.0502. The molecule has 1 aliphatic heterocycles. The van der Waals surface area contributed by atoms with Crippen molar-refractivity contribution in [1.82, 2.24) is 0 Å². The van der Waals surface area contributed by atoms with Gasteiger partial charge in [0.15, 0.2) is 24.6 Å². The highest BCUT2D eigenvalue weighted by Gasteiger charge is 2.50. The Kier molecular flexibility index (Phi) is 47.8. The van der Waals surface area contributed by atoms with E-state index in [4.69, 9.17) is 23.7 Å². The molecule has 1 aliphatic rings. The maximum absolute atomic E-state index is 13.1. The van der Waals surface area contributed by atoms with Crippen LogP contribution in [-0.2, 0) is 42.9 Å². The van der Waals surface area contributed by atoms with Crippen molar-refractivity contribution in [2.45, 2.75) is 314 Å². The molecule has 1 fully saturated rings. The summed E-state index contributed by atoms with van der Waals surface area (Å²) in [5.41, 5.74) is 0. The SMILES string of the molecule is CC/C=C\C/C=C\C/C=C\CCCCCCCCCC(=O)OC1C(OCC(COC(=O)CCCCCCC/C=C\CCCCCCCC)OC(=O)CCCCCCCCCCCCCCC)OC(C(=O)O)C(O)C1O. The molecule has 0 aromatic rings. The number of carboxylic acids is 1. The molecule has 1 rings (SSSR count). The lowest BCUT2D eigenvalue weighted by atomic mass is 9.98. The van der Waals surface area contributed by atoms with Gasteiger partial charge < -0.3 is 39.0 Å². The lowest BCUT2D eigenvalue weighted by Gasteiger charge is -2.40. The largest absolute Gasteiger partial charge is 0.479 e. The molecule has 0 radical (unpaired) electrons. The summed E-state index contributed by atoms with van der Waals surface area (Å²) in [4.78, 5) is 51.2. The van der Waals surface area contributed by atoms with Gasteiger partial charge in [-0.1, -0.05) is 230 Å². The predicted molar refractivity (Wildman–Crippen MR) is 303 cm³/mol. The molecule has 0 aromatic carbocycles. The van der Waals surface area contributed by atoms with Crippen LogP contribution in [0.15, 0.2) is 48.6 Å². The minimum Gasteiger partial charge on any atom is -0.479 e. The Morgan fingerprint density at radius 3 is 1.29 bits per heavy atom. The molecule has 75 heavy (non-hydrogen) atoms. The van der Waals surface area contributed by atoms with Gasteiger partial charge in [0.1, 0.15) is 18.8 Å². The van der Waals surface area contributed by atoms with E-state index in [0.29, 0.717) is 19.3 Å². The van der Waals surface area contributed by atoms with E-state index in [0.717, 1.165) is 122 Å². The molecule has 0 aromatic heterocycles. The van der Waals surface area contributed by atoms with Crippen molar-refractivity contribution in [2.75, 3.05) is 13.2 Å². The summed E-state index contributed by atoms with van der Waals surface area (Å²) in [5.74, 6) is -3.12. The van der Waals surface area contributed by atoms with Crippen LogP contribution >= 0.6 is 0 Å². The lowest BCUT2D eigenvalue weighted by molar-refractivity contribution is -0.301. The maximum Gasteiger partial charge on any atom is 0.335 e. The molecular formula is C63H110O12. The number of esters is 3. The summed E-state index contributed by atoms with van der Waals surface area (Å²) in [7, 11) is 0. The number of carbonyl (C=O) groups excluding carboxylic acids is 3. The van der Waals surface area contributed by atoms with E-state index in [9.17, 15) is 34.5 Å². The second-order valence-electron chi connectivity index (χ2n) is 21.0. The minimum atomic E-state index is -1.91. The van der Waals surface area contributed by atoms with Crippen LogP contribution in [0.5, 0.6) is 0 Å². The molecule has 1 heterocycles. The number of aliphatic hydroxyl groups excluding tert-OH is 2. The highest BCUT2D eigenvalue weighted by Crippen LogP contribution is 2.26. The van der Waals surface area contributed by atoms with Gasteiger partial charge in [-0.2, -0.15) is 0 Å². The first kappa shape index (κ1) is 69.7. The highest BCUT2D eigenvalue weighted by atomic mass is 16.7. The van der Waals surface area contributed by atoms with E-state index >= 15 is 0 Å². The number of rotatable bonds is 52. The van der Waals surface area contributed by atoms with Gasteiger partial charge in [0.2, 0.25) is 0 Å². The smallest absolute Gasteiger partial charge is 0.335 e. The number of hydrogen-bond acceptors (Lipinski definition) is 11. The molecule has 434 valence electrons. The number of allylic oxidation sites excluding steroid dienone is 8. The first-order valence-electron chi connectivity index (χ1n) is 30.6. The molecule has 1 saturated heterocycles. The second-order valence-corrected chi connectivity index (χ2v) is 21.0. The van der Waals surface area contributed by atoms with Gasteiger partial charge in [0.05, 0.1) is 6.61 Å². The molecule has 0 aliphatic carbocycles. The number of aliphatic hydroxyl groups is 2. The zero-order chi connectivity index (χ0) is 54.7. The fourth-order valence-electron chi connectivity index (χ4n) is 9.20. The average Bonchev–Trinajstić information content (AvgIpc) is 3.39. The molecule has 12 heteroatoms. The third kappa shape index (κ3) is 41.5. The highest BCUT2D eigenvalue weighted by molar-refractivity contribution is 5.74. The van der Waals surface area contributed by atoms with Crippen molar-refractivity contribution >= 4 is 23.9 Å². The van der Waals surface area contributed by atoms with E-state index < -0.39 is 67.3 Å². The predicted octanol–water partition coefficient (Wildman–Crippen LogP) is 15.8. The van der Waals surface area contributed by atoms with Crippen molar-refractivity contribution in [2.24, 2.45) is 0 Å². The number of aliphatic carboxylic acids is 1. The van der Waals surface area contributed by atoms with Crippen molar-refractivity contribution in [1.29, 1.82) is 0 Å². The Hall–Kier alpha value is -3.32. The number of carboxylic acid groups (broad SMARTS) is 1. The quantitative estimate of drug-likeness (QED) is 0.0228. The standard InChI is InChI=1S/C63H110O12/c1-4-7-10-13-16-19-22-25-27-28-30-33-36-39-42-45-48-51-57(66)74-61-59(68)58(67)60(62(69)70)75-63(61)72-53-54(73-56(65)50-47-44-41-38-35-31-24-21-18-15-12-9-6-3)52-71-55(64)49-46-43-40-37-34-32-29-26-23-20-17-14-11-8-5-2/h7,10,16,19,25-27,29,54,58-61,63,67-68H,4-6,8-9,11-15,17-18,20-24,28,30-53H2,1-3H3,(H,69,70)/b10-7-,19-16-,27-25-,29-26-. The topological polar surface area (TPSA) is 175 Å². The number of ether oxygens (including phenoxy) is 5. The summed E-state index contributed by atoms with van der Waals surface area (Å²) in [6, 6.07) is 0.